The summed E-state index contributed by atoms with van der Waals surface area (Å²) in [7, 11) is 0. The van der Waals surface area contributed by atoms with E-state index in [0.29, 0.717) is 0 Å². The van der Waals surface area contributed by atoms with E-state index >= 15 is 0 Å². The van der Waals surface area contributed by atoms with Gasteiger partial charge in [0.25, 0.3) is 0 Å². The van der Waals surface area contributed by atoms with Crippen LogP contribution in [0.25, 0.3) is 62.5 Å². The SMILES string of the molecule is CCC1(CC)c2cc(/C=C/c3ccc(-c4cc(-c5ccccc5)ccc4C4C=Cc5ccc6cccnc6c5N4)cc3)ccc2-c2ccc(N(c3ccccc3)c3ccccc3)cc21. The summed E-state index contributed by atoms with van der Waals surface area (Å²) in [6.45, 7) is 4.70. The van der Waals surface area contributed by atoms with Crippen LogP contribution >= 0.6 is 0 Å². The van der Waals surface area contributed by atoms with Gasteiger partial charge in [-0.1, -0.05) is 184 Å². The van der Waals surface area contributed by atoms with Gasteiger partial charge in [-0.2, -0.15) is 0 Å². The molecule has 1 atom stereocenters. The Balaban J connectivity index is 0.904. The molecule has 1 aliphatic carbocycles. The van der Waals surface area contributed by atoms with Crippen molar-refractivity contribution < 1.29 is 0 Å². The first-order valence-electron chi connectivity index (χ1n) is 22.6. The van der Waals surface area contributed by atoms with Crippen LogP contribution in [0.15, 0.2) is 206 Å². The molecule has 0 bridgehead atoms. The fourth-order valence-corrected chi connectivity index (χ4v) is 10.2. The molecule has 0 fully saturated rings. The number of nitrogens with one attached hydrogen (secondary N) is 1. The molecule has 308 valence electrons. The fourth-order valence-electron chi connectivity index (χ4n) is 10.2. The largest absolute Gasteiger partial charge is 0.372 e. The number of aromatic nitrogens is 1. The van der Waals surface area contributed by atoms with Crippen molar-refractivity contribution in [1.29, 1.82) is 0 Å². The maximum atomic E-state index is 4.77. The zero-order valence-electron chi connectivity index (χ0n) is 36.2. The highest BCUT2D eigenvalue weighted by Gasteiger charge is 2.41. The van der Waals surface area contributed by atoms with Crippen LogP contribution in [0.4, 0.5) is 22.7 Å². The minimum atomic E-state index is -0.0781. The van der Waals surface area contributed by atoms with E-state index in [0.717, 1.165) is 46.4 Å². The Bertz CT molecular complexity index is 3160. The van der Waals surface area contributed by atoms with Crippen LogP contribution in [0.5, 0.6) is 0 Å². The minimum absolute atomic E-state index is 0.0120. The maximum Gasteiger partial charge on any atom is 0.0939 e. The third-order valence-electron chi connectivity index (χ3n) is 13.6. The Morgan fingerprint density at radius 3 is 1.89 bits per heavy atom. The lowest BCUT2D eigenvalue weighted by Gasteiger charge is -2.32. The van der Waals surface area contributed by atoms with E-state index in [1.165, 1.54) is 66.9 Å². The number of fused-ring (bicyclic) bond motifs is 6. The van der Waals surface area contributed by atoms with Crippen molar-refractivity contribution in [3.8, 4) is 33.4 Å². The molecular formula is C61H49N3. The maximum absolute atomic E-state index is 4.77. The number of rotatable bonds is 10. The van der Waals surface area contributed by atoms with E-state index < -0.39 is 0 Å². The van der Waals surface area contributed by atoms with Crippen molar-refractivity contribution in [3.63, 3.8) is 0 Å². The lowest BCUT2D eigenvalue weighted by molar-refractivity contribution is 0.490. The van der Waals surface area contributed by atoms with Crippen LogP contribution in [0.2, 0.25) is 0 Å². The Morgan fingerprint density at radius 2 is 1.17 bits per heavy atom. The molecule has 3 heteroatoms. The monoisotopic (exact) mass is 823 g/mol. The van der Waals surface area contributed by atoms with Crippen molar-refractivity contribution in [2.24, 2.45) is 0 Å². The lowest BCUT2D eigenvalue weighted by atomic mass is 9.73. The van der Waals surface area contributed by atoms with Gasteiger partial charge in [0.1, 0.15) is 0 Å². The molecule has 2 heterocycles. The summed E-state index contributed by atoms with van der Waals surface area (Å²) in [4.78, 5) is 7.15. The van der Waals surface area contributed by atoms with E-state index in [4.69, 9.17) is 4.98 Å². The molecule has 0 radical (unpaired) electrons. The normalized spacial score (nSPS) is 14.5. The van der Waals surface area contributed by atoms with Gasteiger partial charge in [-0.05, 0) is 128 Å². The molecule has 9 aromatic rings. The van der Waals surface area contributed by atoms with Crippen LogP contribution in [0, 0.1) is 0 Å². The quantitative estimate of drug-likeness (QED) is 0.139. The van der Waals surface area contributed by atoms with Gasteiger partial charge in [0.05, 0.1) is 17.2 Å². The smallest absolute Gasteiger partial charge is 0.0939 e. The summed E-state index contributed by atoms with van der Waals surface area (Å²) in [6.07, 6.45) is 13.0. The second-order valence-electron chi connectivity index (χ2n) is 17.0. The molecule has 2 aliphatic rings. The highest BCUT2D eigenvalue weighted by atomic mass is 15.1. The van der Waals surface area contributed by atoms with Crippen molar-refractivity contribution in [2.45, 2.75) is 38.1 Å². The highest BCUT2D eigenvalue weighted by molar-refractivity contribution is 5.97. The van der Waals surface area contributed by atoms with Gasteiger partial charge < -0.3 is 10.2 Å². The molecule has 0 amide bonds. The van der Waals surface area contributed by atoms with Gasteiger partial charge in [-0.15, -0.1) is 0 Å². The number of pyridine rings is 1. The number of hydrogen-bond acceptors (Lipinski definition) is 3. The van der Waals surface area contributed by atoms with Crippen LogP contribution in [0.1, 0.15) is 66.1 Å². The van der Waals surface area contributed by atoms with Gasteiger partial charge >= 0.3 is 0 Å². The third-order valence-corrected chi connectivity index (χ3v) is 13.6. The van der Waals surface area contributed by atoms with Crippen molar-refractivity contribution >= 4 is 51.9 Å². The Morgan fingerprint density at radius 1 is 0.531 bits per heavy atom. The number of benzene rings is 8. The van der Waals surface area contributed by atoms with E-state index in [1.54, 1.807) is 0 Å². The summed E-state index contributed by atoms with van der Waals surface area (Å²) in [5, 5.41) is 5.01. The van der Waals surface area contributed by atoms with Crippen LogP contribution < -0.4 is 10.2 Å². The first-order valence-corrected chi connectivity index (χ1v) is 22.6. The number of para-hydroxylation sites is 2. The summed E-state index contributed by atoms with van der Waals surface area (Å²) in [6, 6.07) is 70.7. The molecule has 64 heavy (non-hydrogen) atoms. The molecule has 1 aromatic heterocycles. The summed E-state index contributed by atoms with van der Waals surface area (Å²) >= 11 is 0. The van der Waals surface area contributed by atoms with Crippen molar-refractivity contribution in [1.82, 2.24) is 4.98 Å². The predicted octanol–water partition coefficient (Wildman–Crippen LogP) is 16.5. The minimum Gasteiger partial charge on any atom is -0.372 e. The standard InChI is InChI=1S/C61H49N3/c1-3-61(4-2)56-39-43(26-34-52(56)53-36-33-51(41-57(53)61)64(49-18-10-6-11-19-49)50-20-12-7-13-21-50)23-22-42-24-27-45(28-25-42)55-40-48(44-15-8-5-9-16-44)31-35-54(55)58-37-32-47-30-29-46-17-14-38-62-59(46)60(47)63-58/h5-41,58,63H,3-4H2,1-2H3/b23-22+. The van der Waals surface area contributed by atoms with Gasteiger partial charge in [-0.3, -0.25) is 4.98 Å². The number of anilines is 4. The molecule has 0 spiro atoms. The van der Waals surface area contributed by atoms with Crippen LogP contribution in [0.3, 0.4) is 0 Å². The van der Waals surface area contributed by atoms with E-state index in [2.05, 4.69) is 236 Å². The summed E-state index contributed by atoms with van der Waals surface area (Å²) in [5.41, 5.74) is 20.6. The molecule has 3 nitrogen and oxygen atoms in total. The van der Waals surface area contributed by atoms with Crippen molar-refractivity contribution in [2.75, 3.05) is 10.2 Å². The van der Waals surface area contributed by atoms with Gasteiger partial charge in [0.15, 0.2) is 0 Å². The second-order valence-corrected chi connectivity index (χ2v) is 17.0. The molecule has 11 rings (SSSR count). The lowest BCUT2D eigenvalue weighted by Crippen LogP contribution is -2.23. The average Bonchev–Trinajstić information content (AvgIpc) is 3.65. The molecule has 0 saturated carbocycles. The fraction of sp³-hybridized carbons (Fsp3) is 0.0984. The summed E-state index contributed by atoms with van der Waals surface area (Å²) in [5.74, 6) is 0. The topological polar surface area (TPSA) is 28.2 Å². The van der Waals surface area contributed by atoms with E-state index in [1.807, 2.05) is 12.3 Å². The Kier molecular flexibility index (Phi) is 10.1. The number of nitrogens with zero attached hydrogens (tertiary/aromatic N) is 2. The first kappa shape index (κ1) is 39.1. The molecule has 1 N–H and O–H groups in total. The van der Waals surface area contributed by atoms with Gasteiger partial charge in [-0.25, -0.2) is 0 Å². The highest BCUT2D eigenvalue weighted by Crippen LogP contribution is 2.54. The molecule has 1 aliphatic heterocycles. The Hall–Kier alpha value is -7.75. The third kappa shape index (κ3) is 6.91. The number of hydrogen-bond donors (Lipinski definition) is 1. The first-order chi connectivity index (χ1) is 31.6. The van der Waals surface area contributed by atoms with Gasteiger partial charge in [0, 0.05) is 34.1 Å². The van der Waals surface area contributed by atoms with E-state index in [9.17, 15) is 0 Å². The van der Waals surface area contributed by atoms with E-state index in [-0.39, 0.29) is 11.5 Å². The zero-order valence-corrected chi connectivity index (χ0v) is 36.2. The average molecular weight is 824 g/mol. The molecule has 8 aromatic carbocycles. The molecule has 0 saturated heterocycles. The van der Waals surface area contributed by atoms with Crippen molar-refractivity contribution in [3.05, 3.63) is 240 Å². The van der Waals surface area contributed by atoms with Crippen LogP contribution in [-0.4, -0.2) is 4.98 Å². The van der Waals surface area contributed by atoms with Gasteiger partial charge in [0.2, 0.25) is 0 Å². The Labute approximate surface area is 376 Å². The summed E-state index contributed by atoms with van der Waals surface area (Å²) < 4.78 is 0. The predicted molar refractivity (Wildman–Crippen MR) is 271 cm³/mol. The van der Waals surface area contributed by atoms with Crippen LogP contribution in [-0.2, 0) is 5.41 Å². The zero-order chi connectivity index (χ0) is 43.0. The molecule has 1 unspecified atom stereocenters. The molecular weight excluding hydrogens is 775 g/mol. The second kappa shape index (κ2) is 16.5.